The van der Waals surface area contributed by atoms with Crippen molar-refractivity contribution in [2.75, 3.05) is 17.2 Å². The number of nitrogens with one attached hydrogen (secondary N) is 4. The van der Waals surface area contributed by atoms with E-state index in [1.807, 2.05) is 27.7 Å². The number of hydrogen-bond donors (Lipinski definition) is 4. The number of hydrogen-bond acceptors (Lipinski definition) is 4. The zero-order valence-electron chi connectivity index (χ0n) is 17.9. The van der Waals surface area contributed by atoms with Crippen LogP contribution in [0, 0.1) is 0 Å². The molecule has 30 heavy (non-hydrogen) atoms. The van der Waals surface area contributed by atoms with E-state index in [9.17, 15) is 14.4 Å². The Morgan fingerprint density at radius 2 is 1.40 bits per heavy atom. The van der Waals surface area contributed by atoms with Crippen LogP contribution in [-0.2, 0) is 4.79 Å². The van der Waals surface area contributed by atoms with Crippen LogP contribution in [-0.4, -0.2) is 36.3 Å². The van der Waals surface area contributed by atoms with Gasteiger partial charge < -0.3 is 21.3 Å². The molecule has 0 saturated heterocycles. The highest BCUT2D eigenvalue weighted by Crippen LogP contribution is 2.13. The maximum Gasteiger partial charge on any atom is 0.251 e. The first-order valence-electron chi connectivity index (χ1n) is 10.1. The van der Waals surface area contributed by atoms with Crippen LogP contribution in [0.15, 0.2) is 48.5 Å². The summed E-state index contributed by atoms with van der Waals surface area (Å²) in [6.45, 7) is 7.76. The molecule has 3 amide bonds. The number of benzene rings is 2. The van der Waals surface area contributed by atoms with Crippen molar-refractivity contribution in [3.8, 4) is 0 Å². The topological polar surface area (TPSA) is 99.3 Å². The van der Waals surface area contributed by atoms with E-state index in [-0.39, 0.29) is 36.3 Å². The zero-order valence-corrected chi connectivity index (χ0v) is 17.9. The third-order valence-corrected chi connectivity index (χ3v) is 4.40. The summed E-state index contributed by atoms with van der Waals surface area (Å²) < 4.78 is 0. The highest BCUT2D eigenvalue weighted by atomic mass is 16.2. The lowest BCUT2D eigenvalue weighted by Gasteiger charge is -2.13. The van der Waals surface area contributed by atoms with Gasteiger partial charge in [0.15, 0.2) is 0 Å². The second-order valence-corrected chi connectivity index (χ2v) is 7.47. The van der Waals surface area contributed by atoms with Gasteiger partial charge in [-0.2, -0.15) is 0 Å². The fourth-order valence-corrected chi connectivity index (χ4v) is 2.65. The highest BCUT2D eigenvalue weighted by molar-refractivity contribution is 5.98. The summed E-state index contributed by atoms with van der Waals surface area (Å²) in [5.41, 5.74) is 2.23. The molecule has 1 atom stereocenters. The molecule has 0 aliphatic heterocycles. The standard InChI is InChI=1S/C23H30N4O3/c1-5-16(4)26-23(30)17-8-6-10-19(12-17)24-14-21(28)27-20-11-7-9-18(13-20)22(29)25-15(2)3/h6-13,15-16,24H,5,14H2,1-4H3,(H,25,29)(H,26,30)(H,27,28). The zero-order chi connectivity index (χ0) is 22.1. The molecule has 0 heterocycles. The van der Waals surface area contributed by atoms with Crippen molar-refractivity contribution < 1.29 is 14.4 Å². The largest absolute Gasteiger partial charge is 0.376 e. The molecule has 0 aliphatic carbocycles. The van der Waals surface area contributed by atoms with Gasteiger partial charge in [0.1, 0.15) is 0 Å². The van der Waals surface area contributed by atoms with Crippen molar-refractivity contribution in [1.29, 1.82) is 0 Å². The van der Waals surface area contributed by atoms with Crippen LogP contribution < -0.4 is 21.3 Å². The van der Waals surface area contributed by atoms with Crippen molar-refractivity contribution in [1.82, 2.24) is 10.6 Å². The lowest BCUT2D eigenvalue weighted by molar-refractivity contribution is -0.114. The van der Waals surface area contributed by atoms with Gasteiger partial charge >= 0.3 is 0 Å². The molecule has 4 N–H and O–H groups in total. The summed E-state index contributed by atoms with van der Waals surface area (Å²) in [7, 11) is 0. The lowest BCUT2D eigenvalue weighted by atomic mass is 10.1. The smallest absolute Gasteiger partial charge is 0.251 e. The molecule has 0 fully saturated rings. The second-order valence-electron chi connectivity index (χ2n) is 7.47. The Hall–Kier alpha value is -3.35. The third-order valence-electron chi connectivity index (χ3n) is 4.40. The fourth-order valence-electron chi connectivity index (χ4n) is 2.65. The van der Waals surface area contributed by atoms with Crippen molar-refractivity contribution in [2.24, 2.45) is 0 Å². The van der Waals surface area contributed by atoms with Crippen LogP contribution in [0.4, 0.5) is 11.4 Å². The summed E-state index contributed by atoms with van der Waals surface area (Å²) in [5.74, 6) is -0.591. The predicted octanol–water partition coefficient (Wildman–Crippen LogP) is 3.40. The molecule has 0 bridgehead atoms. The average Bonchev–Trinajstić information content (AvgIpc) is 2.72. The monoisotopic (exact) mass is 410 g/mol. The molecule has 7 heteroatoms. The summed E-state index contributed by atoms with van der Waals surface area (Å²) in [6.07, 6.45) is 0.851. The van der Waals surface area contributed by atoms with Gasteiger partial charge in [-0.3, -0.25) is 14.4 Å². The molecular formula is C23H30N4O3. The average molecular weight is 411 g/mol. The van der Waals surface area contributed by atoms with Crippen molar-refractivity contribution in [3.63, 3.8) is 0 Å². The van der Waals surface area contributed by atoms with E-state index in [0.717, 1.165) is 6.42 Å². The summed E-state index contributed by atoms with van der Waals surface area (Å²) in [4.78, 5) is 36.7. The molecule has 0 radical (unpaired) electrons. The Balaban J connectivity index is 1.93. The first kappa shape index (κ1) is 22.9. The molecule has 7 nitrogen and oxygen atoms in total. The number of carbonyl (C=O) groups excluding carboxylic acids is 3. The Morgan fingerprint density at radius 1 is 0.833 bits per heavy atom. The molecule has 0 saturated carbocycles. The molecule has 2 rings (SSSR count). The van der Waals surface area contributed by atoms with Crippen LogP contribution in [0.3, 0.4) is 0 Å². The van der Waals surface area contributed by atoms with Crippen LogP contribution in [0.25, 0.3) is 0 Å². The number of rotatable bonds is 9. The van der Waals surface area contributed by atoms with E-state index in [0.29, 0.717) is 22.5 Å². The first-order chi connectivity index (χ1) is 14.3. The van der Waals surface area contributed by atoms with E-state index in [1.54, 1.807) is 48.5 Å². The van der Waals surface area contributed by atoms with Crippen molar-refractivity contribution in [3.05, 3.63) is 59.7 Å². The van der Waals surface area contributed by atoms with E-state index in [1.165, 1.54) is 0 Å². The molecular weight excluding hydrogens is 380 g/mol. The van der Waals surface area contributed by atoms with Gasteiger partial charge in [0.2, 0.25) is 5.91 Å². The summed E-state index contributed by atoms with van der Waals surface area (Å²) in [6, 6.07) is 13.9. The molecule has 2 aromatic carbocycles. The molecule has 1 unspecified atom stereocenters. The Bertz CT molecular complexity index is 896. The van der Waals surface area contributed by atoms with Crippen molar-refractivity contribution >= 4 is 29.1 Å². The number of anilines is 2. The fraction of sp³-hybridized carbons (Fsp3) is 0.348. The minimum absolute atomic E-state index is 0.0266. The molecule has 160 valence electrons. The summed E-state index contributed by atoms with van der Waals surface area (Å²) in [5, 5.41) is 11.5. The number of amides is 3. The van der Waals surface area contributed by atoms with Gasteiger partial charge in [-0.15, -0.1) is 0 Å². The number of carbonyl (C=O) groups is 3. The van der Waals surface area contributed by atoms with E-state index in [2.05, 4.69) is 21.3 Å². The van der Waals surface area contributed by atoms with E-state index >= 15 is 0 Å². The highest BCUT2D eigenvalue weighted by Gasteiger charge is 2.11. The van der Waals surface area contributed by atoms with Gasteiger partial charge in [0.25, 0.3) is 11.8 Å². The Morgan fingerprint density at radius 3 is 2.00 bits per heavy atom. The minimum atomic E-state index is -0.258. The normalized spacial score (nSPS) is 11.5. The second kappa shape index (κ2) is 11.0. The predicted molar refractivity (Wildman–Crippen MR) is 120 cm³/mol. The van der Waals surface area contributed by atoms with Gasteiger partial charge in [-0.25, -0.2) is 0 Å². The first-order valence-corrected chi connectivity index (χ1v) is 10.1. The lowest BCUT2D eigenvalue weighted by Crippen LogP contribution is -2.32. The summed E-state index contributed by atoms with van der Waals surface area (Å²) >= 11 is 0. The molecule has 0 aliphatic rings. The van der Waals surface area contributed by atoms with Crippen LogP contribution in [0.2, 0.25) is 0 Å². The maximum atomic E-state index is 12.3. The minimum Gasteiger partial charge on any atom is -0.376 e. The van der Waals surface area contributed by atoms with Crippen LogP contribution in [0.5, 0.6) is 0 Å². The quantitative estimate of drug-likeness (QED) is 0.509. The molecule has 0 aromatic heterocycles. The van der Waals surface area contributed by atoms with Crippen LogP contribution in [0.1, 0.15) is 54.8 Å². The van der Waals surface area contributed by atoms with Gasteiger partial charge in [-0.1, -0.05) is 19.1 Å². The van der Waals surface area contributed by atoms with E-state index in [4.69, 9.17) is 0 Å². The van der Waals surface area contributed by atoms with E-state index < -0.39 is 0 Å². The van der Waals surface area contributed by atoms with Crippen LogP contribution >= 0.6 is 0 Å². The molecule has 2 aromatic rings. The van der Waals surface area contributed by atoms with Crippen molar-refractivity contribution in [2.45, 2.75) is 46.2 Å². The molecule has 0 spiro atoms. The van der Waals surface area contributed by atoms with Gasteiger partial charge in [0, 0.05) is 34.6 Å². The Kier molecular flexibility index (Phi) is 8.41. The SMILES string of the molecule is CCC(C)NC(=O)c1cccc(NCC(=O)Nc2cccc(C(=O)NC(C)C)c2)c1. The third kappa shape index (κ3) is 7.24. The maximum absolute atomic E-state index is 12.3. The van der Waals surface area contributed by atoms with Gasteiger partial charge in [0.05, 0.1) is 6.54 Å². The van der Waals surface area contributed by atoms with Gasteiger partial charge in [-0.05, 0) is 63.6 Å². The Labute approximate surface area is 177 Å².